The summed E-state index contributed by atoms with van der Waals surface area (Å²) >= 11 is 0. The molecule has 0 unspecified atom stereocenters. The fourth-order valence-electron chi connectivity index (χ4n) is 1.86. The number of rotatable bonds is 4. The van der Waals surface area contributed by atoms with Crippen LogP contribution in [0.15, 0.2) is 49.0 Å². The lowest BCUT2D eigenvalue weighted by Gasteiger charge is -2.09. The summed E-state index contributed by atoms with van der Waals surface area (Å²) in [6, 6.07) is 12.6. The van der Waals surface area contributed by atoms with Gasteiger partial charge in [-0.3, -0.25) is 4.79 Å². The number of benzene rings is 2. The zero-order valence-corrected chi connectivity index (χ0v) is 11.5. The minimum absolute atomic E-state index is 0.130. The van der Waals surface area contributed by atoms with Crippen LogP contribution in [0.2, 0.25) is 0 Å². The molecule has 0 atom stereocenters. The molecule has 5 heteroatoms. The highest BCUT2D eigenvalue weighted by atomic mass is 16.4. The van der Waals surface area contributed by atoms with Crippen molar-refractivity contribution in [2.24, 2.45) is 0 Å². The van der Waals surface area contributed by atoms with Crippen molar-refractivity contribution < 1.29 is 14.7 Å². The predicted octanol–water partition coefficient (Wildman–Crippen LogP) is 3.15. The van der Waals surface area contributed by atoms with Crippen molar-refractivity contribution in [2.75, 3.05) is 5.32 Å². The average Bonchev–Trinajstić information content (AvgIpc) is 2.55. The van der Waals surface area contributed by atoms with Crippen LogP contribution in [0.1, 0.15) is 31.8 Å². The van der Waals surface area contributed by atoms with Crippen LogP contribution in [0.3, 0.4) is 0 Å². The van der Waals surface area contributed by atoms with Gasteiger partial charge in [0.25, 0.3) is 5.91 Å². The highest BCUT2D eigenvalue weighted by Gasteiger charge is 2.14. The maximum absolute atomic E-state index is 12.1. The van der Waals surface area contributed by atoms with E-state index in [1.807, 2.05) is 6.07 Å². The van der Waals surface area contributed by atoms with Crippen molar-refractivity contribution in [1.82, 2.24) is 0 Å². The molecule has 0 fully saturated rings. The maximum atomic E-state index is 12.1. The Hall–Kier alpha value is -3.39. The van der Waals surface area contributed by atoms with E-state index in [9.17, 15) is 9.59 Å². The number of carbonyl (C=O) groups excluding carboxylic acids is 1. The van der Waals surface area contributed by atoms with Crippen molar-refractivity contribution in [1.29, 1.82) is 5.26 Å². The molecule has 0 aromatic heterocycles. The molecule has 2 rings (SSSR count). The van der Waals surface area contributed by atoms with Gasteiger partial charge in [0.05, 0.1) is 22.9 Å². The maximum Gasteiger partial charge on any atom is 0.337 e. The molecule has 0 saturated carbocycles. The van der Waals surface area contributed by atoms with Gasteiger partial charge < -0.3 is 10.4 Å². The largest absolute Gasteiger partial charge is 0.478 e. The highest BCUT2D eigenvalue weighted by molar-refractivity contribution is 6.07. The summed E-state index contributed by atoms with van der Waals surface area (Å²) in [5.74, 6) is -1.64. The molecule has 0 bridgehead atoms. The number of carboxylic acids is 1. The van der Waals surface area contributed by atoms with E-state index < -0.39 is 11.9 Å². The third kappa shape index (κ3) is 3.19. The molecule has 2 aromatic rings. The van der Waals surface area contributed by atoms with Crippen molar-refractivity contribution in [3.63, 3.8) is 0 Å². The molecule has 0 saturated heterocycles. The average molecular weight is 292 g/mol. The normalized spacial score (nSPS) is 9.59. The molecule has 0 spiro atoms. The van der Waals surface area contributed by atoms with E-state index >= 15 is 0 Å². The Morgan fingerprint density at radius 2 is 1.86 bits per heavy atom. The molecule has 0 radical (unpaired) electrons. The Balaban J connectivity index is 2.29. The molecular weight excluding hydrogens is 280 g/mol. The Bertz CT molecular complexity index is 787. The van der Waals surface area contributed by atoms with E-state index in [-0.39, 0.29) is 16.8 Å². The van der Waals surface area contributed by atoms with E-state index in [0.29, 0.717) is 5.56 Å². The smallest absolute Gasteiger partial charge is 0.337 e. The first-order valence-corrected chi connectivity index (χ1v) is 6.36. The zero-order valence-electron chi connectivity index (χ0n) is 11.5. The third-order valence-electron chi connectivity index (χ3n) is 3.04. The number of amides is 1. The van der Waals surface area contributed by atoms with Crippen LogP contribution in [0.5, 0.6) is 0 Å². The summed E-state index contributed by atoms with van der Waals surface area (Å²) in [6.45, 7) is 3.63. The Morgan fingerprint density at radius 1 is 1.18 bits per heavy atom. The van der Waals surface area contributed by atoms with Gasteiger partial charge in [-0.1, -0.05) is 24.8 Å². The summed E-state index contributed by atoms with van der Waals surface area (Å²) in [7, 11) is 0. The van der Waals surface area contributed by atoms with Gasteiger partial charge in [-0.25, -0.2) is 4.79 Å². The van der Waals surface area contributed by atoms with Crippen molar-refractivity contribution in [3.05, 3.63) is 71.3 Å². The fraction of sp³-hybridized carbons (Fsp3) is 0. The molecule has 2 aromatic carbocycles. The molecule has 2 N–H and O–H groups in total. The molecular formula is C17H12N2O3. The summed E-state index contributed by atoms with van der Waals surface area (Å²) in [4.78, 5) is 23.4. The van der Waals surface area contributed by atoms with Gasteiger partial charge in [-0.05, 0) is 35.9 Å². The standard InChI is InChI=1S/C17H12N2O3/c1-2-11-3-6-13(7-4-11)16(20)19-15-8-5-12(10-18)9-14(15)17(21)22/h2-9H,1H2,(H,19,20)(H,21,22). The number of nitrogens with one attached hydrogen (secondary N) is 1. The number of hydrogen-bond acceptors (Lipinski definition) is 3. The monoisotopic (exact) mass is 292 g/mol. The molecule has 0 aliphatic rings. The summed E-state index contributed by atoms with van der Waals surface area (Å²) in [6.07, 6.45) is 1.66. The number of hydrogen-bond donors (Lipinski definition) is 2. The lowest BCUT2D eigenvalue weighted by Crippen LogP contribution is -2.15. The predicted molar refractivity (Wildman–Crippen MR) is 82.6 cm³/mol. The van der Waals surface area contributed by atoms with E-state index in [1.165, 1.54) is 18.2 Å². The number of nitrogens with zero attached hydrogens (tertiary/aromatic N) is 1. The first-order valence-electron chi connectivity index (χ1n) is 6.36. The molecule has 0 heterocycles. The van der Waals surface area contributed by atoms with Crippen LogP contribution >= 0.6 is 0 Å². The Kier molecular flexibility index (Phi) is 4.35. The minimum Gasteiger partial charge on any atom is -0.478 e. The number of anilines is 1. The Morgan fingerprint density at radius 3 is 2.41 bits per heavy atom. The number of aromatic carboxylic acids is 1. The second kappa shape index (κ2) is 6.37. The molecule has 108 valence electrons. The van der Waals surface area contributed by atoms with Crippen LogP contribution in [0.4, 0.5) is 5.69 Å². The lowest BCUT2D eigenvalue weighted by atomic mass is 10.1. The second-order valence-corrected chi connectivity index (χ2v) is 4.46. The fourth-order valence-corrected chi connectivity index (χ4v) is 1.86. The van der Waals surface area contributed by atoms with Crippen LogP contribution in [-0.2, 0) is 0 Å². The van der Waals surface area contributed by atoms with Crippen LogP contribution in [0.25, 0.3) is 6.08 Å². The first-order chi connectivity index (χ1) is 10.5. The third-order valence-corrected chi connectivity index (χ3v) is 3.04. The van der Waals surface area contributed by atoms with Crippen LogP contribution < -0.4 is 5.32 Å². The van der Waals surface area contributed by atoms with Gasteiger partial charge in [0.1, 0.15) is 0 Å². The number of nitriles is 1. The minimum atomic E-state index is -1.21. The van der Waals surface area contributed by atoms with Crippen LogP contribution in [-0.4, -0.2) is 17.0 Å². The van der Waals surface area contributed by atoms with Gasteiger partial charge in [-0.2, -0.15) is 5.26 Å². The van der Waals surface area contributed by atoms with Crippen molar-refractivity contribution in [3.8, 4) is 6.07 Å². The molecule has 1 amide bonds. The summed E-state index contributed by atoms with van der Waals surface area (Å²) < 4.78 is 0. The van der Waals surface area contributed by atoms with Gasteiger partial charge in [0.2, 0.25) is 0 Å². The van der Waals surface area contributed by atoms with Crippen molar-refractivity contribution in [2.45, 2.75) is 0 Å². The molecule has 0 aliphatic heterocycles. The second-order valence-electron chi connectivity index (χ2n) is 4.46. The number of carbonyl (C=O) groups is 2. The number of carboxylic acid groups (broad SMARTS) is 1. The van der Waals surface area contributed by atoms with Crippen molar-refractivity contribution >= 4 is 23.6 Å². The summed E-state index contributed by atoms with van der Waals surface area (Å²) in [5, 5.41) is 20.5. The lowest BCUT2D eigenvalue weighted by molar-refractivity contribution is 0.0698. The molecule has 0 aliphatic carbocycles. The van der Waals surface area contributed by atoms with Gasteiger partial charge in [0.15, 0.2) is 0 Å². The zero-order chi connectivity index (χ0) is 16.1. The topological polar surface area (TPSA) is 90.2 Å². The van der Waals surface area contributed by atoms with E-state index in [4.69, 9.17) is 10.4 Å². The quantitative estimate of drug-likeness (QED) is 0.905. The van der Waals surface area contributed by atoms with E-state index in [1.54, 1.807) is 30.3 Å². The molecule has 5 nitrogen and oxygen atoms in total. The molecule has 22 heavy (non-hydrogen) atoms. The Labute approximate surface area is 127 Å². The first kappa shape index (κ1) is 15.0. The van der Waals surface area contributed by atoms with Gasteiger partial charge >= 0.3 is 5.97 Å². The summed E-state index contributed by atoms with van der Waals surface area (Å²) in [5.41, 5.74) is 1.50. The van der Waals surface area contributed by atoms with E-state index in [2.05, 4.69) is 11.9 Å². The van der Waals surface area contributed by atoms with E-state index in [0.717, 1.165) is 5.56 Å². The highest BCUT2D eigenvalue weighted by Crippen LogP contribution is 2.19. The SMILES string of the molecule is C=Cc1ccc(C(=O)Nc2ccc(C#N)cc2C(=O)O)cc1. The van der Waals surface area contributed by atoms with Gasteiger partial charge in [-0.15, -0.1) is 0 Å². The van der Waals surface area contributed by atoms with Gasteiger partial charge in [0, 0.05) is 5.56 Å². The van der Waals surface area contributed by atoms with Crippen LogP contribution in [0, 0.1) is 11.3 Å².